The molecule has 2 aromatic carbocycles. The van der Waals surface area contributed by atoms with Crippen molar-refractivity contribution in [2.75, 3.05) is 17.5 Å². The third-order valence-electron chi connectivity index (χ3n) is 3.91. The number of carbonyl (C=O) groups excluding carboxylic acids is 1. The van der Waals surface area contributed by atoms with Crippen LogP contribution in [0.3, 0.4) is 0 Å². The Morgan fingerprint density at radius 2 is 1.78 bits per heavy atom. The van der Waals surface area contributed by atoms with Gasteiger partial charge in [0.25, 0.3) is 15.7 Å². The van der Waals surface area contributed by atoms with Gasteiger partial charge in [-0.1, -0.05) is 6.07 Å². The van der Waals surface area contributed by atoms with Crippen LogP contribution in [0.4, 0.5) is 11.4 Å². The minimum Gasteiger partial charge on any atom is -0.462 e. The zero-order valence-corrected chi connectivity index (χ0v) is 16.0. The summed E-state index contributed by atoms with van der Waals surface area (Å²) in [5.74, 6) is -0.539. The van der Waals surface area contributed by atoms with E-state index >= 15 is 0 Å². The van der Waals surface area contributed by atoms with Crippen LogP contribution in [0.1, 0.15) is 29.8 Å². The highest BCUT2D eigenvalue weighted by atomic mass is 32.2. The Kier molecular flexibility index (Phi) is 6.17. The number of anilines is 1. The predicted molar refractivity (Wildman–Crippen MR) is 100 cm³/mol. The number of nitro benzene ring substituents is 1. The fraction of sp³-hybridized carbons (Fsp3) is 0.278. The second-order valence-electron chi connectivity index (χ2n) is 5.64. The van der Waals surface area contributed by atoms with Gasteiger partial charge in [-0.05, 0) is 50.6 Å². The van der Waals surface area contributed by atoms with E-state index in [4.69, 9.17) is 4.74 Å². The minimum atomic E-state index is -3.97. The van der Waals surface area contributed by atoms with Crippen LogP contribution in [0.25, 0.3) is 0 Å². The highest BCUT2D eigenvalue weighted by molar-refractivity contribution is 7.92. The van der Waals surface area contributed by atoms with Gasteiger partial charge in [0.15, 0.2) is 0 Å². The van der Waals surface area contributed by atoms with Crippen LogP contribution >= 0.6 is 0 Å². The van der Waals surface area contributed by atoms with Crippen molar-refractivity contribution in [1.82, 2.24) is 0 Å². The number of aryl methyl sites for hydroxylation is 1. The lowest BCUT2D eigenvalue weighted by molar-refractivity contribution is -0.384. The Morgan fingerprint density at radius 3 is 2.30 bits per heavy atom. The number of hydrogen-bond donors (Lipinski definition) is 0. The third-order valence-corrected chi connectivity index (χ3v) is 5.81. The van der Waals surface area contributed by atoms with Crippen LogP contribution in [0.5, 0.6) is 0 Å². The summed E-state index contributed by atoms with van der Waals surface area (Å²) in [6.45, 7) is 5.41. The van der Waals surface area contributed by atoms with E-state index in [-0.39, 0.29) is 29.3 Å². The summed E-state index contributed by atoms with van der Waals surface area (Å²) in [7, 11) is -3.97. The summed E-state index contributed by atoms with van der Waals surface area (Å²) in [5.41, 5.74) is 1.06. The molecule has 0 fully saturated rings. The molecule has 0 N–H and O–H groups in total. The topological polar surface area (TPSA) is 107 Å². The van der Waals surface area contributed by atoms with Gasteiger partial charge in [0.2, 0.25) is 0 Å². The monoisotopic (exact) mass is 392 g/mol. The fourth-order valence-corrected chi connectivity index (χ4v) is 4.09. The molecule has 0 aliphatic rings. The van der Waals surface area contributed by atoms with Gasteiger partial charge >= 0.3 is 5.97 Å². The molecule has 2 rings (SSSR count). The largest absolute Gasteiger partial charge is 0.462 e. The van der Waals surface area contributed by atoms with Crippen LogP contribution in [0.15, 0.2) is 47.4 Å². The quantitative estimate of drug-likeness (QED) is 0.406. The summed E-state index contributed by atoms with van der Waals surface area (Å²) in [6, 6.07) is 9.37. The Balaban J connectivity index is 2.50. The molecule has 0 heterocycles. The second-order valence-corrected chi connectivity index (χ2v) is 7.50. The van der Waals surface area contributed by atoms with Crippen molar-refractivity contribution in [3.8, 4) is 0 Å². The number of nitro groups is 1. The number of ether oxygens (including phenoxy) is 1. The van der Waals surface area contributed by atoms with Crippen molar-refractivity contribution in [1.29, 1.82) is 0 Å². The van der Waals surface area contributed by atoms with Crippen LogP contribution in [0, 0.1) is 17.0 Å². The van der Waals surface area contributed by atoms with E-state index in [0.29, 0.717) is 11.3 Å². The third kappa shape index (κ3) is 4.25. The molecule has 2 aromatic rings. The fourth-order valence-electron chi connectivity index (χ4n) is 2.56. The summed E-state index contributed by atoms with van der Waals surface area (Å²) < 4.78 is 32.2. The van der Waals surface area contributed by atoms with E-state index in [1.807, 2.05) is 0 Å². The molecular weight excluding hydrogens is 372 g/mol. The van der Waals surface area contributed by atoms with Gasteiger partial charge in [0, 0.05) is 18.7 Å². The van der Waals surface area contributed by atoms with Crippen molar-refractivity contribution in [3.05, 3.63) is 63.7 Å². The number of benzene rings is 2. The van der Waals surface area contributed by atoms with Gasteiger partial charge in [-0.25, -0.2) is 13.2 Å². The lowest BCUT2D eigenvalue weighted by Gasteiger charge is -2.25. The van der Waals surface area contributed by atoms with Gasteiger partial charge in [-0.15, -0.1) is 0 Å². The minimum absolute atomic E-state index is 0.0733. The van der Waals surface area contributed by atoms with Crippen LogP contribution < -0.4 is 4.31 Å². The van der Waals surface area contributed by atoms with E-state index in [0.717, 1.165) is 16.4 Å². The molecule has 0 bridgehead atoms. The maximum atomic E-state index is 13.0. The Morgan fingerprint density at radius 1 is 1.15 bits per heavy atom. The van der Waals surface area contributed by atoms with Crippen molar-refractivity contribution in [2.24, 2.45) is 0 Å². The highest BCUT2D eigenvalue weighted by Crippen LogP contribution is 2.28. The van der Waals surface area contributed by atoms with Crippen LogP contribution in [-0.4, -0.2) is 32.5 Å². The Hall–Kier alpha value is -2.94. The first kappa shape index (κ1) is 20.4. The molecule has 144 valence electrons. The van der Waals surface area contributed by atoms with Gasteiger partial charge in [-0.2, -0.15) is 0 Å². The maximum Gasteiger partial charge on any atom is 0.338 e. The number of sulfonamides is 1. The van der Waals surface area contributed by atoms with Crippen molar-refractivity contribution in [3.63, 3.8) is 0 Å². The molecule has 27 heavy (non-hydrogen) atoms. The lowest BCUT2D eigenvalue weighted by atomic mass is 10.1. The molecule has 0 unspecified atom stereocenters. The van der Waals surface area contributed by atoms with E-state index in [2.05, 4.69) is 0 Å². The van der Waals surface area contributed by atoms with Gasteiger partial charge < -0.3 is 4.74 Å². The smallest absolute Gasteiger partial charge is 0.338 e. The van der Waals surface area contributed by atoms with Gasteiger partial charge in [0.05, 0.1) is 27.7 Å². The summed E-state index contributed by atoms with van der Waals surface area (Å²) in [5, 5.41) is 10.8. The standard InChI is InChI=1S/C18H20N2O6S/c1-4-19(17-12-14(7-6-13(17)3)18(21)26-5-2)27(24,25)16-10-8-15(9-11-16)20(22)23/h6-12H,4-5H2,1-3H3. The number of esters is 1. The van der Waals surface area contributed by atoms with E-state index < -0.39 is 20.9 Å². The Labute approximate surface area is 157 Å². The number of rotatable bonds is 7. The molecule has 0 saturated carbocycles. The number of non-ortho nitro benzene ring substituents is 1. The molecular formula is C18H20N2O6S. The number of hydrogen-bond acceptors (Lipinski definition) is 6. The summed E-state index contributed by atoms with van der Waals surface area (Å²) in [4.78, 5) is 22.1. The first-order valence-electron chi connectivity index (χ1n) is 8.27. The highest BCUT2D eigenvalue weighted by Gasteiger charge is 2.26. The molecule has 0 amide bonds. The maximum absolute atomic E-state index is 13.0. The van der Waals surface area contributed by atoms with Crippen molar-refractivity contribution < 1.29 is 22.9 Å². The molecule has 0 radical (unpaired) electrons. The van der Waals surface area contributed by atoms with Crippen molar-refractivity contribution >= 4 is 27.4 Å². The molecule has 0 aliphatic carbocycles. The number of carbonyl (C=O) groups is 1. The van der Waals surface area contributed by atoms with Crippen molar-refractivity contribution in [2.45, 2.75) is 25.7 Å². The average molecular weight is 392 g/mol. The zero-order chi connectivity index (χ0) is 20.2. The van der Waals surface area contributed by atoms with Crippen LogP contribution in [-0.2, 0) is 14.8 Å². The molecule has 0 atom stereocenters. The van der Waals surface area contributed by atoms with E-state index in [9.17, 15) is 23.3 Å². The normalized spacial score (nSPS) is 11.1. The van der Waals surface area contributed by atoms with E-state index in [1.54, 1.807) is 32.9 Å². The summed E-state index contributed by atoms with van der Waals surface area (Å²) >= 11 is 0. The molecule has 0 saturated heterocycles. The van der Waals surface area contributed by atoms with Gasteiger partial charge in [0.1, 0.15) is 0 Å². The molecule has 8 nitrogen and oxygen atoms in total. The lowest BCUT2D eigenvalue weighted by Crippen LogP contribution is -2.31. The first-order chi connectivity index (χ1) is 12.7. The molecule has 0 aromatic heterocycles. The summed E-state index contributed by atoms with van der Waals surface area (Å²) in [6.07, 6.45) is 0. The first-order valence-corrected chi connectivity index (χ1v) is 9.71. The second kappa shape index (κ2) is 8.17. The SMILES string of the molecule is CCOC(=O)c1ccc(C)c(N(CC)S(=O)(=O)c2ccc([N+](=O)[O-])cc2)c1. The average Bonchev–Trinajstić information content (AvgIpc) is 2.63. The zero-order valence-electron chi connectivity index (χ0n) is 15.2. The number of nitrogens with zero attached hydrogens (tertiary/aromatic N) is 2. The molecule has 0 spiro atoms. The predicted octanol–water partition coefficient (Wildman–Crippen LogP) is 3.30. The molecule has 9 heteroatoms. The van der Waals surface area contributed by atoms with E-state index in [1.165, 1.54) is 18.2 Å². The molecule has 0 aliphatic heterocycles. The van der Waals surface area contributed by atoms with Crippen LogP contribution in [0.2, 0.25) is 0 Å². The van der Waals surface area contributed by atoms with Gasteiger partial charge in [-0.3, -0.25) is 14.4 Å². The Bertz CT molecular complexity index is 954.